The third-order valence-corrected chi connectivity index (χ3v) is 7.85. The van der Waals surface area contributed by atoms with Crippen LogP contribution >= 0.6 is 50.7 Å². The summed E-state index contributed by atoms with van der Waals surface area (Å²) >= 11 is 22.5. The normalized spacial score (nSPS) is 11.6. The number of benzene rings is 4. The molecule has 0 N–H and O–H groups in total. The van der Waals surface area contributed by atoms with E-state index in [1.54, 1.807) is 48.5 Å². The van der Waals surface area contributed by atoms with E-state index < -0.39 is 0 Å². The van der Waals surface area contributed by atoms with Crippen molar-refractivity contribution in [1.29, 1.82) is 0 Å². The lowest BCUT2D eigenvalue weighted by Gasteiger charge is -2.15. The van der Waals surface area contributed by atoms with Gasteiger partial charge in [-0.25, -0.2) is 4.98 Å². The first-order valence-corrected chi connectivity index (χ1v) is 15.0. The number of ether oxygens (including phenoxy) is 2. The van der Waals surface area contributed by atoms with Gasteiger partial charge in [-0.05, 0) is 73.2 Å². The molecule has 0 aliphatic rings. The molecule has 0 spiro atoms. The first-order valence-electron chi connectivity index (χ1n) is 13.1. The minimum absolute atomic E-state index is 0.152. The van der Waals surface area contributed by atoms with Crippen molar-refractivity contribution in [3.63, 3.8) is 0 Å². The SMILES string of the molecule is CCOc1cc(C=Nn2c(-c3cc4cc(Br)ccc4o3)nc3ccccc3c2=O)cc(Cl)c1OCc1ccc(Cl)cc1Cl. The molecule has 0 saturated carbocycles. The molecule has 2 heterocycles. The van der Waals surface area contributed by atoms with Gasteiger partial charge in [0.2, 0.25) is 5.82 Å². The summed E-state index contributed by atoms with van der Waals surface area (Å²) in [5.74, 6) is 1.41. The molecule has 0 atom stereocenters. The standard InChI is InChI=1S/C32H21BrCl3N3O4/c1-2-41-28-12-18(11-25(36)30(28)42-17-19-7-9-22(34)15-24(19)35)16-37-39-31(38-26-6-4-3-5-23(26)32(39)40)29-14-20-13-21(33)8-10-27(20)43-29/h3-16H,2,17H2,1H3. The topological polar surface area (TPSA) is 78.9 Å². The lowest BCUT2D eigenvalue weighted by atomic mass is 10.2. The third kappa shape index (κ3) is 6.15. The summed E-state index contributed by atoms with van der Waals surface area (Å²) in [4.78, 5) is 18.4. The molecular weight excluding hydrogens is 677 g/mol. The first kappa shape index (κ1) is 29.3. The van der Waals surface area contributed by atoms with Crippen molar-refractivity contribution >= 4 is 78.8 Å². The minimum Gasteiger partial charge on any atom is -0.490 e. The van der Waals surface area contributed by atoms with Crippen molar-refractivity contribution in [2.45, 2.75) is 13.5 Å². The highest BCUT2D eigenvalue weighted by molar-refractivity contribution is 9.10. The zero-order chi connectivity index (χ0) is 30.1. The molecule has 0 aliphatic carbocycles. The number of nitrogens with zero attached hydrogens (tertiary/aromatic N) is 3. The molecule has 7 nitrogen and oxygen atoms in total. The van der Waals surface area contributed by atoms with E-state index in [0.29, 0.717) is 61.0 Å². The summed E-state index contributed by atoms with van der Waals surface area (Å²) in [6.45, 7) is 2.38. The van der Waals surface area contributed by atoms with Gasteiger partial charge >= 0.3 is 0 Å². The van der Waals surface area contributed by atoms with Gasteiger partial charge in [0, 0.05) is 25.5 Å². The number of rotatable bonds is 8. The molecule has 216 valence electrons. The molecule has 0 radical (unpaired) electrons. The van der Waals surface area contributed by atoms with Crippen LogP contribution in [0.2, 0.25) is 15.1 Å². The fourth-order valence-electron chi connectivity index (χ4n) is 4.49. The average molecular weight is 698 g/mol. The zero-order valence-corrected chi connectivity index (χ0v) is 26.3. The number of hydrogen-bond donors (Lipinski definition) is 0. The van der Waals surface area contributed by atoms with Crippen LogP contribution in [0, 0.1) is 0 Å². The second-order valence-corrected chi connectivity index (χ2v) is 11.6. The summed E-state index contributed by atoms with van der Waals surface area (Å²) in [5, 5.41) is 7.11. The Hall–Kier alpha value is -3.82. The maximum Gasteiger partial charge on any atom is 0.282 e. The van der Waals surface area contributed by atoms with E-state index in [9.17, 15) is 4.79 Å². The molecule has 6 aromatic rings. The zero-order valence-electron chi connectivity index (χ0n) is 22.5. The predicted molar refractivity (Wildman–Crippen MR) is 175 cm³/mol. The van der Waals surface area contributed by atoms with Gasteiger partial charge in [-0.15, -0.1) is 0 Å². The van der Waals surface area contributed by atoms with Crippen LogP contribution in [0.3, 0.4) is 0 Å². The molecule has 0 fully saturated rings. The van der Waals surface area contributed by atoms with Crippen molar-refractivity contribution in [2.75, 3.05) is 6.61 Å². The number of aromatic nitrogens is 2. The summed E-state index contributed by atoms with van der Waals surface area (Å²) in [6, 6.07) is 23.1. The summed E-state index contributed by atoms with van der Waals surface area (Å²) in [5.41, 5.74) is 2.14. The Balaban J connectivity index is 1.40. The molecule has 0 bridgehead atoms. The van der Waals surface area contributed by atoms with Crippen LogP contribution in [0.25, 0.3) is 33.5 Å². The Morgan fingerprint density at radius 3 is 2.63 bits per heavy atom. The molecule has 0 amide bonds. The van der Waals surface area contributed by atoms with Crippen LogP contribution < -0.4 is 15.0 Å². The van der Waals surface area contributed by atoms with Crippen LogP contribution in [0.15, 0.2) is 97.6 Å². The quantitative estimate of drug-likeness (QED) is 0.148. The molecule has 0 unspecified atom stereocenters. The van der Waals surface area contributed by atoms with Crippen LogP contribution in [-0.2, 0) is 6.61 Å². The molecule has 6 rings (SSSR count). The Labute approximate surface area is 269 Å². The Kier molecular flexibility index (Phi) is 8.45. The van der Waals surface area contributed by atoms with Gasteiger partial charge in [-0.2, -0.15) is 9.78 Å². The van der Waals surface area contributed by atoms with Gasteiger partial charge in [0.05, 0.1) is 28.7 Å². The number of fused-ring (bicyclic) bond motifs is 2. The lowest BCUT2D eigenvalue weighted by molar-refractivity contribution is 0.269. The predicted octanol–water partition coefficient (Wildman–Crippen LogP) is 9.39. The van der Waals surface area contributed by atoms with Crippen LogP contribution in [0.4, 0.5) is 0 Å². The van der Waals surface area contributed by atoms with Gasteiger partial charge in [-0.3, -0.25) is 4.79 Å². The van der Waals surface area contributed by atoms with E-state index in [1.807, 2.05) is 37.3 Å². The number of hydrogen-bond acceptors (Lipinski definition) is 6. The average Bonchev–Trinajstić information content (AvgIpc) is 3.40. The van der Waals surface area contributed by atoms with Gasteiger partial charge in [0.15, 0.2) is 17.3 Å². The highest BCUT2D eigenvalue weighted by Crippen LogP contribution is 2.37. The monoisotopic (exact) mass is 695 g/mol. The van der Waals surface area contributed by atoms with E-state index in [-0.39, 0.29) is 18.0 Å². The van der Waals surface area contributed by atoms with Crippen molar-refractivity contribution in [2.24, 2.45) is 5.10 Å². The third-order valence-electron chi connectivity index (χ3n) is 6.49. The van der Waals surface area contributed by atoms with E-state index in [4.69, 9.17) is 53.7 Å². The molecule has 0 saturated heterocycles. The second-order valence-electron chi connectivity index (χ2n) is 9.39. The fraction of sp³-hybridized carbons (Fsp3) is 0.0938. The summed E-state index contributed by atoms with van der Waals surface area (Å²) in [6.07, 6.45) is 1.51. The van der Waals surface area contributed by atoms with E-state index >= 15 is 0 Å². The highest BCUT2D eigenvalue weighted by Gasteiger charge is 2.18. The maximum atomic E-state index is 13.6. The second kappa shape index (κ2) is 12.4. The lowest BCUT2D eigenvalue weighted by Crippen LogP contribution is -2.20. The molecular formula is C32H21BrCl3N3O4. The van der Waals surface area contributed by atoms with E-state index in [2.05, 4.69) is 21.0 Å². The fourth-order valence-corrected chi connectivity index (χ4v) is 5.61. The minimum atomic E-state index is -0.352. The summed E-state index contributed by atoms with van der Waals surface area (Å²) in [7, 11) is 0. The highest BCUT2D eigenvalue weighted by atomic mass is 79.9. The first-order chi connectivity index (χ1) is 20.8. The van der Waals surface area contributed by atoms with Crippen LogP contribution in [0.5, 0.6) is 11.5 Å². The van der Waals surface area contributed by atoms with Gasteiger partial charge < -0.3 is 13.9 Å². The van der Waals surface area contributed by atoms with Gasteiger partial charge in [0.25, 0.3) is 5.56 Å². The summed E-state index contributed by atoms with van der Waals surface area (Å²) < 4.78 is 20.1. The molecule has 43 heavy (non-hydrogen) atoms. The van der Waals surface area contributed by atoms with Crippen LogP contribution in [0.1, 0.15) is 18.1 Å². The molecule has 0 aliphatic heterocycles. The van der Waals surface area contributed by atoms with Crippen molar-refractivity contribution in [1.82, 2.24) is 9.66 Å². The number of furan rings is 1. The Morgan fingerprint density at radius 1 is 0.977 bits per heavy atom. The number of halogens is 4. The van der Waals surface area contributed by atoms with E-state index in [0.717, 1.165) is 15.4 Å². The van der Waals surface area contributed by atoms with Crippen molar-refractivity contribution in [3.8, 4) is 23.1 Å². The largest absolute Gasteiger partial charge is 0.490 e. The maximum absolute atomic E-state index is 13.6. The Bertz CT molecular complexity index is 2090. The smallest absolute Gasteiger partial charge is 0.282 e. The molecule has 4 aromatic carbocycles. The van der Waals surface area contributed by atoms with Gasteiger partial charge in [0.1, 0.15) is 12.2 Å². The van der Waals surface area contributed by atoms with Crippen LogP contribution in [-0.4, -0.2) is 22.5 Å². The van der Waals surface area contributed by atoms with Crippen molar-refractivity contribution < 1.29 is 13.9 Å². The molecule has 2 aromatic heterocycles. The van der Waals surface area contributed by atoms with E-state index in [1.165, 1.54) is 10.9 Å². The number of para-hydroxylation sites is 1. The Morgan fingerprint density at radius 2 is 1.81 bits per heavy atom. The van der Waals surface area contributed by atoms with Crippen molar-refractivity contribution in [3.05, 3.63) is 120 Å². The molecule has 11 heteroatoms. The van der Waals surface area contributed by atoms with Gasteiger partial charge in [-0.1, -0.05) is 68.9 Å².